The number of rotatable bonds is 5. The molecule has 0 aliphatic carbocycles. The molecule has 0 radical (unpaired) electrons. The molecule has 2 aromatic carbocycles. The van der Waals surface area contributed by atoms with Crippen molar-refractivity contribution in [1.82, 2.24) is 4.98 Å². The predicted molar refractivity (Wildman–Crippen MR) is 95.4 cm³/mol. The van der Waals surface area contributed by atoms with Crippen molar-refractivity contribution in [3.8, 4) is 22.8 Å². The molecule has 0 atom stereocenters. The van der Waals surface area contributed by atoms with Gasteiger partial charge < -0.3 is 14.8 Å². The Bertz CT molecular complexity index is 820. The minimum atomic E-state index is 0.659. The summed E-state index contributed by atoms with van der Waals surface area (Å²) in [6.07, 6.45) is 0. The van der Waals surface area contributed by atoms with Gasteiger partial charge >= 0.3 is 0 Å². The van der Waals surface area contributed by atoms with Gasteiger partial charge in [0, 0.05) is 17.0 Å². The quantitative estimate of drug-likeness (QED) is 0.687. The van der Waals surface area contributed by atoms with E-state index in [2.05, 4.69) is 10.3 Å². The van der Waals surface area contributed by atoms with E-state index in [4.69, 9.17) is 21.1 Å². The summed E-state index contributed by atoms with van der Waals surface area (Å²) < 4.78 is 10.7. The summed E-state index contributed by atoms with van der Waals surface area (Å²) in [6, 6.07) is 13.2. The van der Waals surface area contributed by atoms with Crippen LogP contribution in [-0.4, -0.2) is 19.2 Å². The highest BCUT2D eigenvalue weighted by molar-refractivity contribution is 7.14. The number of ether oxygens (including phenoxy) is 2. The first-order chi connectivity index (χ1) is 11.2. The van der Waals surface area contributed by atoms with E-state index < -0.39 is 0 Å². The Balaban J connectivity index is 1.89. The Labute approximate surface area is 143 Å². The lowest BCUT2D eigenvalue weighted by molar-refractivity contribution is 0.395. The number of nitrogens with zero attached hydrogens (tertiary/aromatic N) is 1. The molecular formula is C17H15ClN2O2S. The van der Waals surface area contributed by atoms with Crippen molar-refractivity contribution in [2.45, 2.75) is 0 Å². The van der Waals surface area contributed by atoms with Crippen molar-refractivity contribution >= 4 is 33.8 Å². The van der Waals surface area contributed by atoms with Gasteiger partial charge in [0.2, 0.25) is 0 Å². The Morgan fingerprint density at radius 1 is 1.09 bits per heavy atom. The molecular weight excluding hydrogens is 332 g/mol. The Morgan fingerprint density at radius 3 is 2.65 bits per heavy atom. The summed E-state index contributed by atoms with van der Waals surface area (Å²) in [5, 5.41) is 6.64. The molecule has 0 aliphatic rings. The van der Waals surface area contributed by atoms with Crippen molar-refractivity contribution in [3.05, 3.63) is 52.9 Å². The molecule has 118 valence electrons. The fourth-order valence-corrected chi connectivity index (χ4v) is 3.05. The van der Waals surface area contributed by atoms with Crippen molar-refractivity contribution in [3.63, 3.8) is 0 Å². The third kappa shape index (κ3) is 3.41. The van der Waals surface area contributed by atoms with Gasteiger partial charge in [-0.1, -0.05) is 23.7 Å². The van der Waals surface area contributed by atoms with Crippen LogP contribution in [-0.2, 0) is 0 Å². The molecule has 0 bridgehead atoms. The third-order valence-electron chi connectivity index (χ3n) is 3.30. The average molecular weight is 347 g/mol. The lowest BCUT2D eigenvalue weighted by Crippen LogP contribution is -1.92. The van der Waals surface area contributed by atoms with Crippen LogP contribution in [0.4, 0.5) is 10.8 Å². The Morgan fingerprint density at radius 2 is 1.91 bits per heavy atom. The number of hydrogen-bond acceptors (Lipinski definition) is 5. The van der Waals surface area contributed by atoms with Gasteiger partial charge in [-0.15, -0.1) is 11.3 Å². The third-order valence-corrected chi connectivity index (χ3v) is 4.39. The first kappa shape index (κ1) is 15.6. The highest BCUT2D eigenvalue weighted by Crippen LogP contribution is 2.36. The van der Waals surface area contributed by atoms with Crippen molar-refractivity contribution in [2.24, 2.45) is 0 Å². The first-order valence-corrected chi connectivity index (χ1v) is 8.16. The number of anilines is 2. The number of benzene rings is 2. The van der Waals surface area contributed by atoms with Gasteiger partial charge in [0.05, 0.1) is 30.6 Å². The molecule has 4 nitrogen and oxygen atoms in total. The number of hydrogen-bond donors (Lipinski definition) is 1. The van der Waals surface area contributed by atoms with Crippen molar-refractivity contribution in [2.75, 3.05) is 19.5 Å². The van der Waals surface area contributed by atoms with Crippen LogP contribution in [0.15, 0.2) is 47.8 Å². The molecule has 1 aromatic heterocycles. The van der Waals surface area contributed by atoms with E-state index in [9.17, 15) is 0 Å². The zero-order chi connectivity index (χ0) is 16.2. The fourth-order valence-electron chi connectivity index (χ4n) is 2.14. The maximum absolute atomic E-state index is 6.16. The van der Waals surface area contributed by atoms with Crippen LogP contribution in [0.1, 0.15) is 0 Å². The normalized spacial score (nSPS) is 10.4. The van der Waals surface area contributed by atoms with Gasteiger partial charge in [-0.05, 0) is 24.3 Å². The monoisotopic (exact) mass is 346 g/mol. The second-order valence-electron chi connectivity index (χ2n) is 4.71. The minimum Gasteiger partial charge on any atom is -0.497 e. The highest BCUT2D eigenvalue weighted by Gasteiger charge is 2.12. The summed E-state index contributed by atoms with van der Waals surface area (Å²) in [5.74, 6) is 1.47. The molecule has 0 amide bonds. The maximum Gasteiger partial charge on any atom is 0.187 e. The predicted octanol–water partition coefficient (Wildman–Crippen LogP) is 5.22. The lowest BCUT2D eigenvalue weighted by atomic mass is 10.1. The number of halogens is 1. The SMILES string of the molecule is COc1ccc(-c2csc(Nc3ccccc3Cl)n2)c(OC)c1. The minimum absolute atomic E-state index is 0.659. The molecule has 23 heavy (non-hydrogen) atoms. The van der Waals surface area contributed by atoms with Gasteiger partial charge in [-0.2, -0.15) is 0 Å². The summed E-state index contributed by atoms with van der Waals surface area (Å²) in [5.41, 5.74) is 2.58. The lowest BCUT2D eigenvalue weighted by Gasteiger charge is -2.08. The molecule has 6 heteroatoms. The van der Waals surface area contributed by atoms with E-state index >= 15 is 0 Å². The number of thiazole rings is 1. The maximum atomic E-state index is 6.16. The molecule has 0 aliphatic heterocycles. The van der Waals surface area contributed by atoms with Gasteiger partial charge in [-0.25, -0.2) is 4.98 Å². The highest BCUT2D eigenvalue weighted by atomic mass is 35.5. The number of nitrogens with one attached hydrogen (secondary N) is 1. The van der Waals surface area contributed by atoms with Crippen LogP contribution in [0.3, 0.4) is 0 Å². The zero-order valence-corrected chi connectivity index (χ0v) is 14.2. The summed E-state index contributed by atoms with van der Waals surface area (Å²) in [4.78, 5) is 4.61. The van der Waals surface area contributed by atoms with E-state index in [1.54, 1.807) is 14.2 Å². The van der Waals surface area contributed by atoms with Gasteiger partial charge in [0.15, 0.2) is 5.13 Å². The van der Waals surface area contributed by atoms with E-state index in [1.165, 1.54) is 11.3 Å². The average Bonchev–Trinajstić information content (AvgIpc) is 3.04. The van der Waals surface area contributed by atoms with E-state index in [1.807, 2.05) is 47.8 Å². The topological polar surface area (TPSA) is 43.4 Å². The number of para-hydroxylation sites is 1. The molecule has 1 N–H and O–H groups in total. The molecule has 0 saturated heterocycles. The fraction of sp³-hybridized carbons (Fsp3) is 0.118. The second-order valence-corrected chi connectivity index (χ2v) is 5.97. The van der Waals surface area contributed by atoms with E-state index in [0.29, 0.717) is 5.02 Å². The molecule has 3 aromatic rings. The van der Waals surface area contributed by atoms with Gasteiger partial charge in [0.25, 0.3) is 0 Å². The standard InChI is InChI=1S/C17H15ClN2O2S/c1-21-11-7-8-12(16(9-11)22-2)15-10-23-17(20-15)19-14-6-4-3-5-13(14)18/h3-10H,1-2H3,(H,19,20). The summed E-state index contributed by atoms with van der Waals surface area (Å²) >= 11 is 7.67. The molecule has 3 rings (SSSR count). The number of methoxy groups -OCH3 is 2. The van der Waals surface area contributed by atoms with Crippen molar-refractivity contribution < 1.29 is 9.47 Å². The smallest absolute Gasteiger partial charge is 0.187 e. The number of aromatic nitrogens is 1. The largest absolute Gasteiger partial charge is 0.497 e. The first-order valence-electron chi connectivity index (χ1n) is 6.90. The van der Waals surface area contributed by atoms with Crippen LogP contribution < -0.4 is 14.8 Å². The van der Waals surface area contributed by atoms with E-state index in [0.717, 1.165) is 33.6 Å². The Hall–Kier alpha value is -2.24. The molecule has 1 heterocycles. The molecule has 0 fully saturated rings. The van der Waals surface area contributed by atoms with Gasteiger partial charge in [0.1, 0.15) is 11.5 Å². The summed E-state index contributed by atoms with van der Waals surface area (Å²) in [7, 11) is 3.26. The summed E-state index contributed by atoms with van der Waals surface area (Å²) in [6.45, 7) is 0. The van der Waals surface area contributed by atoms with E-state index in [-0.39, 0.29) is 0 Å². The van der Waals surface area contributed by atoms with Crippen LogP contribution in [0, 0.1) is 0 Å². The van der Waals surface area contributed by atoms with Crippen LogP contribution in [0.2, 0.25) is 5.02 Å². The molecule has 0 spiro atoms. The van der Waals surface area contributed by atoms with Gasteiger partial charge in [-0.3, -0.25) is 0 Å². The molecule has 0 unspecified atom stereocenters. The van der Waals surface area contributed by atoms with Crippen molar-refractivity contribution in [1.29, 1.82) is 0 Å². The van der Waals surface area contributed by atoms with Crippen LogP contribution in [0.5, 0.6) is 11.5 Å². The zero-order valence-electron chi connectivity index (χ0n) is 12.7. The Kier molecular flexibility index (Phi) is 4.69. The van der Waals surface area contributed by atoms with Crippen LogP contribution in [0.25, 0.3) is 11.3 Å². The second kappa shape index (κ2) is 6.89. The van der Waals surface area contributed by atoms with Crippen LogP contribution >= 0.6 is 22.9 Å². The molecule has 0 saturated carbocycles.